The minimum Gasteiger partial charge on any atom is -0.326 e. The molecule has 0 amide bonds. The van der Waals surface area contributed by atoms with E-state index in [1.54, 1.807) is 0 Å². The highest BCUT2D eigenvalue weighted by Gasteiger charge is 2.49. The SMILES string of the molecule is CC(C)[N+]12CC[N+](CCN)(CC1)CC2. The molecule has 3 aliphatic rings. The van der Waals surface area contributed by atoms with Crippen molar-refractivity contribution in [1.82, 2.24) is 0 Å². The zero-order valence-corrected chi connectivity index (χ0v) is 9.71. The van der Waals surface area contributed by atoms with Crippen molar-refractivity contribution in [1.29, 1.82) is 0 Å². The van der Waals surface area contributed by atoms with Crippen LogP contribution in [0.3, 0.4) is 0 Å². The van der Waals surface area contributed by atoms with E-state index in [-0.39, 0.29) is 0 Å². The molecule has 0 unspecified atom stereocenters. The molecule has 0 aromatic rings. The van der Waals surface area contributed by atoms with Gasteiger partial charge in [0.1, 0.15) is 39.3 Å². The smallest absolute Gasteiger partial charge is 0.129 e. The quantitative estimate of drug-likeness (QED) is 0.637. The van der Waals surface area contributed by atoms with Gasteiger partial charge in [-0.15, -0.1) is 0 Å². The Labute approximate surface area is 87.7 Å². The fourth-order valence-corrected chi connectivity index (χ4v) is 3.29. The van der Waals surface area contributed by atoms with Crippen LogP contribution < -0.4 is 5.73 Å². The van der Waals surface area contributed by atoms with E-state index in [9.17, 15) is 0 Å². The monoisotopic (exact) mass is 199 g/mol. The summed E-state index contributed by atoms with van der Waals surface area (Å²) >= 11 is 0. The van der Waals surface area contributed by atoms with E-state index in [2.05, 4.69) is 13.8 Å². The number of fused-ring (bicyclic) bond motifs is 3. The van der Waals surface area contributed by atoms with Gasteiger partial charge in [0, 0.05) is 6.54 Å². The van der Waals surface area contributed by atoms with E-state index in [0.29, 0.717) is 0 Å². The van der Waals surface area contributed by atoms with Crippen molar-refractivity contribution in [2.24, 2.45) is 5.73 Å². The van der Waals surface area contributed by atoms with Gasteiger partial charge in [-0.1, -0.05) is 0 Å². The van der Waals surface area contributed by atoms with Crippen LogP contribution in [0.2, 0.25) is 0 Å². The van der Waals surface area contributed by atoms with Crippen LogP contribution in [0.15, 0.2) is 0 Å². The van der Waals surface area contributed by atoms with Crippen molar-refractivity contribution in [2.75, 3.05) is 52.4 Å². The number of hydrogen-bond acceptors (Lipinski definition) is 1. The number of piperazine rings is 3. The van der Waals surface area contributed by atoms with Crippen molar-refractivity contribution in [3.63, 3.8) is 0 Å². The van der Waals surface area contributed by atoms with Gasteiger partial charge in [-0.05, 0) is 13.8 Å². The van der Waals surface area contributed by atoms with E-state index in [0.717, 1.165) is 12.6 Å². The summed E-state index contributed by atoms with van der Waals surface area (Å²) < 4.78 is 2.70. The maximum Gasteiger partial charge on any atom is 0.129 e. The van der Waals surface area contributed by atoms with Crippen molar-refractivity contribution < 1.29 is 8.97 Å². The lowest BCUT2D eigenvalue weighted by Crippen LogP contribution is -2.77. The molecule has 3 rings (SSSR count). The predicted molar refractivity (Wildman–Crippen MR) is 58.8 cm³/mol. The molecule has 3 fully saturated rings. The molecule has 2 bridgehead atoms. The molecule has 3 heteroatoms. The Kier molecular flexibility index (Phi) is 2.58. The second-order valence-corrected chi connectivity index (χ2v) is 5.51. The van der Waals surface area contributed by atoms with Crippen LogP contribution in [0.1, 0.15) is 13.8 Å². The zero-order valence-electron chi connectivity index (χ0n) is 9.71. The first-order valence-electron chi connectivity index (χ1n) is 6.03. The lowest BCUT2D eigenvalue weighted by molar-refractivity contribution is -1.09. The molecule has 3 heterocycles. The number of quaternary nitrogens is 2. The molecule has 0 spiro atoms. The molecular formula is C11H25N3+2. The van der Waals surface area contributed by atoms with Crippen LogP contribution in [0, 0.1) is 0 Å². The second-order valence-electron chi connectivity index (χ2n) is 5.51. The van der Waals surface area contributed by atoms with Crippen molar-refractivity contribution >= 4 is 0 Å². The molecule has 0 aromatic heterocycles. The summed E-state index contributed by atoms with van der Waals surface area (Å²) in [5, 5.41) is 0. The van der Waals surface area contributed by atoms with Crippen LogP contribution in [0.4, 0.5) is 0 Å². The number of hydrogen-bond donors (Lipinski definition) is 1. The molecule has 2 N–H and O–H groups in total. The van der Waals surface area contributed by atoms with Gasteiger partial charge in [-0.3, -0.25) is 0 Å². The Morgan fingerprint density at radius 3 is 1.86 bits per heavy atom. The highest BCUT2D eigenvalue weighted by molar-refractivity contribution is 4.64. The van der Waals surface area contributed by atoms with Crippen molar-refractivity contribution in [2.45, 2.75) is 19.9 Å². The topological polar surface area (TPSA) is 26.0 Å². The highest BCUT2D eigenvalue weighted by Crippen LogP contribution is 2.28. The summed E-state index contributed by atoms with van der Waals surface area (Å²) in [7, 11) is 0. The van der Waals surface area contributed by atoms with E-state index in [1.165, 1.54) is 54.8 Å². The third-order valence-electron chi connectivity index (χ3n) is 4.76. The Bertz CT molecular complexity index is 188. The molecule has 82 valence electrons. The Hall–Kier alpha value is -0.120. The molecule has 0 saturated carbocycles. The molecule has 0 atom stereocenters. The number of nitrogens with two attached hydrogens (primary N) is 1. The summed E-state index contributed by atoms with van der Waals surface area (Å²) in [6, 6.07) is 0.815. The largest absolute Gasteiger partial charge is 0.326 e. The zero-order chi connectivity index (χ0) is 10.2. The van der Waals surface area contributed by atoms with Crippen molar-refractivity contribution in [3.05, 3.63) is 0 Å². The van der Waals surface area contributed by atoms with E-state index in [4.69, 9.17) is 5.73 Å². The van der Waals surface area contributed by atoms with Crippen LogP contribution in [-0.4, -0.2) is 67.4 Å². The lowest BCUT2D eigenvalue weighted by atomic mass is 10.0. The van der Waals surface area contributed by atoms with Crippen LogP contribution in [-0.2, 0) is 0 Å². The first kappa shape index (κ1) is 10.4. The van der Waals surface area contributed by atoms with Crippen LogP contribution in [0.25, 0.3) is 0 Å². The first-order chi connectivity index (χ1) is 6.63. The molecule has 0 radical (unpaired) electrons. The number of nitrogens with zero attached hydrogens (tertiary/aromatic N) is 2. The van der Waals surface area contributed by atoms with E-state index in [1.807, 2.05) is 0 Å². The standard InChI is InChI=1S/C11H25N3/c1-11(2)14-8-5-13(4-3-12,6-9-14)7-10-14/h11H,3-10,12H2,1-2H3/q+2. The Morgan fingerprint density at radius 1 is 1.00 bits per heavy atom. The van der Waals surface area contributed by atoms with Crippen LogP contribution >= 0.6 is 0 Å². The first-order valence-corrected chi connectivity index (χ1v) is 6.03. The fraction of sp³-hybridized carbons (Fsp3) is 1.00. The molecule has 0 aromatic carbocycles. The van der Waals surface area contributed by atoms with Crippen molar-refractivity contribution in [3.8, 4) is 0 Å². The maximum atomic E-state index is 5.71. The molecular weight excluding hydrogens is 174 g/mol. The summed E-state index contributed by atoms with van der Waals surface area (Å²) in [4.78, 5) is 0. The Morgan fingerprint density at radius 2 is 1.50 bits per heavy atom. The van der Waals surface area contributed by atoms with Gasteiger partial charge < -0.3 is 14.7 Å². The molecule has 14 heavy (non-hydrogen) atoms. The third kappa shape index (κ3) is 1.47. The van der Waals surface area contributed by atoms with Gasteiger partial charge >= 0.3 is 0 Å². The second kappa shape index (κ2) is 3.47. The minimum absolute atomic E-state index is 0.815. The average molecular weight is 199 g/mol. The summed E-state index contributed by atoms with van der Waals surface area (Å²) in [6.45, 7) is 15.1. The van der Waals surface area contributed by atoms with Crippen LogP contribution in [0.5, 0.6) is 0 Å². The van der Waals surface area contributed by atoms with Gasteiger partial charge in [0.25, 0.3) is 0 Å². The normalized spacial score (nSPS) is 42.0. The predicted octanol–water partition coefficient (Wildman–Crippen LogP) is 0.0143. The maximum absolute atomic E-state index is 5.71. The van der Waals surface area contributed by atoms with E-state index < -0.39 is 0 Å². The van der Waals surface area contributed by atoms with E-state index >= 15 is 0 Å². The Balaban J connectivity index is 2.05. The van der Waals surface area contributed by atoms with Gasteiger partial charge in [0.15, 0.2) is 0 Å². The summed E-state index contributed by atoms with van der Waals surface area (Å²) in [6.07, 6.45) is 0. The number of rotatable bonds is 3. The molecule has 3 nitrogen and oxygen atoms in total. The average Bonchev–Trinajstić information content (AvgIpc) is 2.20. The lowest BCUT2D eigenvalue weighted by Gasteiger charge is -2.57. The van der Waals surface area contributed by atoms with Gasteiger partial charge in [0.2, 0.25) is 0 Å². The summed E-state index contributed by atoms with van der Waals surface area (Å²) in [5.74, 6) is 0. The van der Waals surface area contributed by atoms with Gasteiger partial charge in [0.05, 0.1) is 12.6 Å². The molecule has 0 aliphatic carbocycles. The highest BCUT2D eigenvalue weighted by atomic mass is 15.5. The van der Waals surface area contributed by atoms with Gasteiger partial charge in [-0.2, -0.15) is 0 Å². The fourth-order valence-electron chi connectivity index (χ4n) is 3.29. The molecule has 3 aliphatic heterocycles. The van der Waals surface area contributed by atoms with Gasteiger partial charge in [-0.25, -0.2) is 0 Å². The summed E-state index contributed by atoms with van der Waals surface area (Å²) in [5.41, 5.74) is 5.71. The molecule has 3 saturated heterocycles. The third-order valence-corrected chi connectivity index (χ3v) is 4.76. The minimum atomic E-state index is 0.815.